The average molecular weight is 210 g/mol. The normalized spacial score (nSPS) is 11.0. The number of nitrogens with zero attached hydrogens (tertiary/aromatic N) is 2. The Morgan fingerprint density at radius 2 is 2.36 bits per heavy atom. The van der Waals surface area contributed by atoms with Crippen LogP contribution < -0.4 is 5.32 Å². The summed E-state index contributed by atoms with van der Waals surface area (Å²) in [5, 5.41) is 9.27. The molecule has 0 saturated heterocycles. The third-order valence-electron chi connectivity index (χ3n) is 2.14. The summed E-state index contributed by atoms with van der Waals surface area (Å²) >= 11 is 6.04. The van der Waals surface area contributed by atoms with E-state index in [1.807, 2.05) is 36.1 Å². The third kappa shape index (κ3) is 1.74. The van der Waals surface area contributed by atoms with Gasteiger partial charge in [0, 0.05) is 18.1 Å². The van der Waals surface area contributed by atoms with E-state index in [1.54, 1.807) is 0 Å². The highest BCUT2D eigenvalue weighted by Crippen LogP contribution is 2.21. The van der Waals surface area contributed by atoms with E-state index in [9.17, 15) is 0 Å². The van der Waals surface area contributed by atoms with Gasteiger partial charge < -0.3 is 5.32 Å². The van der Waals surface area contributed by atoms with Crippen LogP contribution in [-0.4, -0.2) is 23.4 Å². The highest BCUT2D eigenvalue weighted by molar-refractivity contribution is 6.35. The third-order valence-corrected chi connectivity index (χ3v) is 2.46. The van der Waals surface area contributed by atoms with Gasteiger partial charge in [0.2, 0.25) is 0 Å². The van der Waals surface area contributed by atoms with Crippen molar-refractivity contribution in [3.63, 3.8) is 0 Å². The summed E-state index contributed by atoms with van der Waals surface area (Å²) in [5.41, 5.74) is 0.952. The van der Waals surface area contributed by atoms with Crippen molar-refractivity contribution >= 4 is 22.5 Å². The SMILES string of the molecule is CNCCn1cc2c(Cl)cccc2n1. The summed E-state index contributed by atoms with van der Waals surface area (Å²) in [6.07, 6.45) is 1.98. The summed E-state index contributed by atoms with van der Waals surface area (Å²) < 4.78 is 1.91. The van der Waals surface area contributed by atoms with Gasteiger partial charge in [0.25, 0.3) is 0 Å². The molecule has 1 heterocycles. The molecule has 4 heteroatoms. The number of halogens is 1. The molecule has 1 aromatic heterocycles. The van der Waals surface area contributed by atoms with E-state index in [0.717, 1.165) is 29.0 Å². The predicted molar refractivity (Wildman–Crippen MR) is 58.7 cm³/mol. The van der Waals surface area contributed by atoms with E-state index in [1.165, 1.54) is 0 Å². The van der Waals surface area contributed by atoms with Crippen molar-refractivity contribution in [1.82, 2.24) is 15.1 Å². The largest absolute Gasteiger partial charge is 0.318 e. The lowest BCUT2D eigenvalue weighted by Gasteiger charge is -1.97. The minimum absolute atomic E-state index is 0.762. The number of aromatic nitrogens is 2. The molecule has 0 amide bonds. The molecule has 74 valence electrons. The van der Waals surface area contributed by atoms with Gasteiger partial charge in [-0.1, -0.05) is 17.7 Å². The predicted octanol–water partition coefficient (Wildman–Crippen LogP) is 1.91. The number of likely N-dealkylation sites (N-methyl/N-ethyl adjacent to an activating group) is 1. The Labute approximate surface area is 87.7 Å². The Morgan fingerprint density at radius 1 is 1.50 bits per heavy atom. The van der Waals surface area contributed by atoms with Crippen molar-refractivity contribution in [2.75, 3.05) is 13.6 Å². The molecule has 0 aliphatic rings. The van der Waals surface area contributed by atoms with Crippen molar-refractivity contribution in [2.45, 2.75) is 6.54 Å². The van der Waals surface area contributed by atoms with Gasteiger partial charge in [-0.05, 0) is 19.2 Å². The summed E-state index contributed by atoms with van der Waals surface area (Å²) in [6, 6.07) is 5.77. The smallest absolute Gasteiger partial charge is 0.0938 e. The van der Waals surface area contributed by atoms with Crippen molar-refractivity contribution in [3.05, 3.63) is 29.4 Å². The zero-order valence-electron chi connectivity index (χ0n) is 8.00. The fourth-order valence-electron chi connectivity index (χ4n) is 1.40. The van der Waals surface area contributed by atoms with Gasteiger partial charge in [0.1, 0.15) is 0 Å². The van der Waals surface area contributed by atoms with Crippen LogP contribution in [0.3, 0.4) is 0 Å². The minimum Gasteiger partial charge on any atom is -0.318 e. The number of fused-ring (bicyclic) bond motifs is 1. The Bertz CT molecular complexity index is 436. The van der Waals surface area contributed by atoms with Crippen LogP contribution in [0.25, 0.3) is 10.9 Å². The number of benzene rings is 1. The zero-order valence-corrected chi connectivity index (χ0v) is 8.75. The van der Waals surface area contributed by atoms with Gasteiger partial charge in [-0.2, -0.15) is 5.10 Å². The Hall–Kier alpha value is -1.06. The van der Waals surface area contributed by atoms with Crippen LogP contribution in [0.2, 0.25) is 5.02 Å². The monoisotopic (exact) mass is 209 g/mol. The second kappa shape index (κ2) is 3.98. The van der Waals surface area contributed by atoms with E-state index in [0.29, 0.717) is 0 Å². The van der Waals surface area contributed by atoms with Crippen LogP contribution in [0.15, 0.2) is 24.4 Å². The Morgan fingerprint density at radius 3 is 3.07 bits per heavy atom. The maximum Gasteiger partial charge on any atom is 0.0938 e. The molecule has 14 heavy (non-hydrogen) atoms. The molecule has 2 aromatic rings. The van der Waals surface area contributed by atoms with E-state index in [2.05, 4.69) is 10.4 Å². The standard InChI is InChI=1S/C10H12ClN3/c1-12-5-6-14-7-8-9(11)3-2-4-10(8)13-14/h2-4,7,12H,5-6H2,1H3. The van der Waals surface area contributed by atoms with Gasteiger partial charge in [0.05, 0.1) is 17.1 Å². The van der Waals surface area contributed by atoms with E-state index in [-0.39, 0.29) is 0 Å². The molecule has 0 aliphatic heterocycles. The molecule has 0 saturated carbocycles. The Balaban J connectivity index is 2.36. The zero-order chi connectivity index (χ0) is 9.97. The van der Waals surface area contributed by atoms with E-state index < -0.39 is 0 Å². The highest BCUT2D eigenvalue weighted by atomic mass is 35.5. The molecule has 0 aliphatic carbocycles. The number of rotatable bonds is 3. The van der Waals surface area contributed by atoms with Crippen LogP contribution in [0.4, 0.5) is 0 Å². The maximum atomic E-state index is 6.04. The van der Waals surface area contributed by atoms with Crippen LogP contribution >= 0.6 is 11.6 Å². The molecule has 0 bridgehead atoms. The first-order valence-electron chi connectivity index (χ1n) is 4.57. The van der Waals surface area contributed by atoms with Gasteiger partial charge in [-0.15, -0.1) is 0 Å². The molecular weight excluding hydrogens is 198 g/mol. The quantitative estimate of drug-likeness (QED) is 0.837. The summed E-state index contributed by atoms with van der Waals surface area (Å²) in [7, 11) is 1.93. The molecule has 2 rings (SSSR count). The first kappa shape index (κ1) is 9.49. The Kier molecular flexibility index (Phi) is 2.70. The average Bonchev–Trinajstić information content (AvgIpc) is 2.59. The number of nitrogens with one attached hydrogen (secondary N) is 1. The second-order valence-electron chi connectivity index (χ2n) is 3.17. The summed E-state index contributed by atoms with van der Waals surface area (Å²) in [5.74, 6) is 0. The molecule has 0 atom stereocenters. The van der Waals surface area contributed by atoms with E-state index >= 15 is 0 Å². The van der Waals surface area contributed by atoms with Crippen molar-refractivity contribution in [2.24, 2.45) is 0 Å². The lowest BCUT2D eigenvalue weighted by atomic mass is 10.3. The minimum atomic E-state index is 0.762. The van der Waals surface area contributed by atoms with Crippen LogP contribution in [0.5, 0.6) is 0 Å². The lowest BCUT2D eigenvalue weighted by Crippen LogP contribution is -2.14. The molecule has 1 N–H and O–H groups in total. The van der Waals surface area contributed by atoms with Crippen molar-refractivity contribution < 1.29 is 0 Å². The maximum absolute atomic E-state index is 6.04. The summed E-state index contributed by atoms with van der Waals surface area (Å²) in [4.78, 5) is 0. The molecule has 0 unspecified atom stereocenters. The number of hydrogen-bond acceptors (Lipinski definition) is 2. The summed E-state index contributed by atoms with van der Waals surface area (Å²) in [6.45, 7) is 1.77. The first-order chi connectivity index (χ1) is 6.81. The van der Waals surface area contributed by atoms with Crippen LogP contribution in [0, 0.1) is 0 Å². The topological polar surface area (TPSA) is 29.9 Å². The molecule has 1 aromatic carbocycles. The van der Waals surface area contributed by atoms with Crippen LogP contribution in [-0.2, 0) is 6.54 Å². The fourth-order valence-corrected chi connectivity index (χ4v) is 1.62. The molecule has 0 spiro atoms. The molecular formula is C10H12ClN3. The van der Waals surface area contributed by atoms with Crippen LogP contribution in [0.1, 0.15) is 0 Å². The first-order valence-corrected chi connectivity index (χ1v) is 4.95. The highest BCUT2D eigenvalue weighted by Gasteiger charge is 2.02. The van der Waals surface area contributed by atoms with Gasteiger partial charge in [-0.25, -0.2) is 0 Å². The second-order valence-corrected chi connectivity index (χ2v) is 3.58. The van der Waals surface area contributed by atoms with Crippen molar-refractivity contribution in [3.8, 4) is 0 Å². The molecule has 0 radical (unpaired) electrons. The number of hydrogen-bond donors (Lipinski definition) is 1. The van der Waals surface area contributed by atoms with E-state index in [4.69, 9.17) is 11.6 Å². The van der Waals surface area contributed by atoms with Gasteiger partial charge in [-0.3, -0.25) is 4.68 Å². The van der Waals surface area contributed by atoms with Gasteiger partial charge >= 0.3 is 0 Å². The molecule has 0 fully saturated rings. The van der Waals surface area contributed by atoms with Crippen molar-refractivity contribution in [1.29, 1.82) is 0 Å². The lowest BCUT2D eigenvalue weighted by molar-refractivity contribution is 0.590. The fraction of sp³-hybridized carbons (Fsp3) is 0.300. The van der Waals surface area contributed by atoms with Gasteiger partial charge in [0.15, 0.2) is 0 Å². The molecule has 3 nitrogen and oxygen atoms in total.